The lowest BCUT2D eigenvalue weighted by Gasteiger charge is -2.47. The van der Waals surface area contributed by atoms with Gasteiger partial charge in [-0.2, -0.15) is 5.10 Å². The van der Waals surface area contributed by atoms with Gasteiger partial charge in [0.25, 0.3) is 0 Å². The number of rotatable bonds is 5. The highest BCUT2D eigenvalue weighted by Crippen LogP contribution is 2.51. The number of hydrazone groups is 1. The van der Waals surface area contributed by atoms with Crippen LogP contribution in [-0.2, 0) is 14.3 Å². The summed E-state index contributed by atoms with van der Waals surface area (Å²) >= 11 is 0. The van der Waals surface area contributed by atoms with E-state index in [1.54, 1.807) is 29.3 Å². The molecule has 0 aliphatic carbocycles. The van der Waals surface area contributed by atoms with Gasteiger partial charge in [0.1, 0.15) is 23.5 Å². The van der Waals surface area contributed by atoms with Crippen molar-refractivity contribution < 1.29 is 29.3 Å². The summed E-state index contributed by atoms with van der Waals surface area (Å²) in [6.45, 7) is 0. The lowest BCUT2D eigenvalue weighted by Crippen LogP contribution is -2.64. The van der Waals surface area contributed by atoms with Crippen molar-refractivity contribution in [2.75, 3.05) is 7.11 Å². The predicted molar refractivity (Wildman–Crippen MR) is 139 cm³/mol. The second-order valence-corrected chi connectivity index (χ2v) is 9.64. The molecule has 4 aliphatic heterocycles. The Morgan fingerprint density at radius 3 is 2.13 bits per heavy atom. The standard InChI is InChI=1S/C30H26N2O6/c1-37-29(36)30-22(18-8-4-2-5-9-18)16-17-23(19-10-6-3-7-11-19)32(30)31-25(27(30)33)26-24(28(34)35)20-12-14-21(38-26)15-13-20/h2-17,22-24,26-27,33H,1H3,(H,34,35). The average Bonchev–Trinajstić information content (AvgIpc) is 3.07. The first-order chi connectivity index (χ1) is 18.5. The molecule has 0 fully saturated rings. The zero-order valence-electron chi connectivity index (χ0n) is 20.5. The summed E-state index contributed by atoms with van der Waals surface area (Å²) in [4.78, 5) is 26.4. The number of methoxy groups -OCH3 is 1. The maximum absolute atomic E-state index is 13.9. The van der Waals surface area contributed by atoms with E-state index >= 15 is 0 Å². The van der Waals surface area contributed by atoms with E-state index in [1.807, 2.05) is 72.8 Å². The van der Waals surface area contributed by atoms with E-state index in [9.17, 15) is 19.8 Å². The van der Waals surface area contributed by atoms with Crippen LogP contribution in [0.5, 0.6) is 5.75 Å². The fourth-order valence-corrected chi connectivity index (χ4v) is 5.94. The fourth-order valence-electron chi connectivity index (χ4n) is 5.94. The first kappa shape index (κ1) is 23.9. The molecule has 4 heterocycles. The van der Waals surface area contributed by atoms with Crippen LogP contribution in [0.15, 0.2) is 102 Å². The molecular formula is C30H26N2O6. The van der Waals surface area contributed by atoms with Gasteiger partial charge in [0, 0.05) is 5.92 Å². The SMILES string of the molecule is COC(=O)C12C(O)C(C3Oc4ccc(cc4)C3C(=O)O)=NN1C(c1ccccc1)C=CC2c1ccccc1. The summed E-state index contributed by atoms with van der Waals surface area (Å²) in [6, 6.07) is 25.1. The number of carboxylic acid groups (broad SMARTS) is 1. The Balaban J connectivity index is 1.56. The van der Waals surface area contributed by atoms with Gasteiger partial charge in [0.2, 0.25) is 0 Å². The Morgan fingerprint density at radius 1 is 0.895 bits per heavy atom. The third kappa shape index (κ3) is 3.44. The van der Waals surface area contributed by atoms with Crippen molar-refractivity contribution in [3.8, 4) is 5.75 Å². The van der Waals surface area contributed by atoms with Crippen molar-refractivity contribution in [3.63, 3.8) is 0 Å². The molecule has 38 heavy (non-hydrogen) atoms. The number of aliphatic hydroxyl groups is 1. The van der Waals surface area contributed by atoms with Gasteiger partial charge < -0.3 is 19.7 Å². The van der Waals surface area contributed by atoms with Gasteiger partial charge in [0.05, 0.1) is 13.2 Å². The molecule has 4 aliphatic rings. The van der Waals surface area contributed by atoms with E-state index in [1.165, 1.54) is 7.11 Å². The van der Waals surface area contributed by atoms with Crippen molar-refractivity contribution in [3.05, 3.63) is 114 Å². The molecular weight excluding hydrogens is 484 g/mol. The van der Waals surface area contributed by atoms with Crippen molar-refractivity contribution in [1.82, 2.24) is 5.01 Å². The molecule has 2 N–H and O–H groups in total. The summed E-state index contributed by atoms with van der Waals surface area (Å²) in [5.74, 6) is -3.12. The lowest BCUT2D eigenvalue weighted by molar-refractivity contribution is -0.163. The number of hydrogen-bond donors (Lipinski definition) is 2. The molecule has 3 aromatic carbocycles. The highest BCUT2D eigenvalue weighted by Gasteiger charge is 2.66. The number of aliphatic carboxylic acids is 1. The van der Waals surface area contributed by atoms with Crippen molar-refractivity contribution in [2.45, 2.75) is 35.6 Å². The highest BCUT2D eigenvalue weighted by atomic mass is 16.5. The Labute approximate surface area is 219 Å². The molecule has 2 bridgehead atoms. The van der Waals surface area contributed by atoms with Crippen molar-refractivity contribution >= 4 is 17.7 Å². The number of carbonyl (C=O) groups excluding carboxylic acids is 1. The van der Waals surface area contributed by atoms with Crippen LogP contribution in [0.3, 0.4) is 0 Å². The molecule has 0 aromatic heterocycles. The molecule has 192 valence electrons. The number of benzene rings is 3. The van der Waals surface area contributed by atoms with Crippen LogP contribution >= 0.6 is 0 Å². The van der Waals surface area contributed by atoms with Gasteiger partial charge in [-0.05, 0) is 28.8 Å². The molecule has 0 saturated heterocycles. The van der Waals surface area contributed by atoms with E-state index in [0.717, 1.165) is 11.1 Å². The van der Waals surface area contributed by atoms with Crippen LogP contribution in [0.1, 0.15) is 34.6 Å². The van der Waals surface area contributed by atoms with E-state index in [2.05, 4.69) is 0 Å². The van der Waals surface area contributed by atoms with Gasteiger partial charge in [-0.25, -0.2) is 4.79 Å². The van der Waals surface area contributed by atoms with Crippen LogP contribution in [0.4, 0.5) is 0 Å². The Kier molecular flexibility index (Phi) is 5.76. The van der Waals surface area contributed by atoms with E-state index in [-0.39, 0.29) is 5.71 Å². The summed E-state index contributed by atoms with van der Waals surface area (Å²) in [5, 5.41) is 28.8. The van der Waals surface area contributed by atoms with Crippen LogP contribution in [-0.4, -0.2) is 57.7 Å². The molecule has 8 heteroatoms. The number of nitrogens with zero attached hydrogens (tertiary/aromatic N) is 2. The lowest BCUT2D eigenvalue weighted by atomic mass is 9.70. The minimum atomic E-state index is -1.70. The smallest absolute Gasteiger partial charge is 0.337 e. The molecule has 7 rings (SSSR count). The maximum atomic E-state index is 13.9. The van der Waals surface area contributed by atoms with Crippen LogP contribution in [0.25, 0.3) is 0 Å². The quantitative estimate of drug-likeness (QED) is 0.398. The third-order valence-electron chi connectivity index (χ3n) is 7.70. The molecule has 6 unspecified atom stereocenters. The maximum Gasteiger partial charge on any atom is 0.337 e. The second-order valence-electron chi connectivity index (χ2n) is 9.64. The zero-order valence-corrected chi connectivity index (χ0v) is 20.5. The number of aliphatic hydroxyl groups excluding tert-OH is 1. The van der Waals surface area contributed by atoms with E-state index < -0.39 is 47.6 Å². The first-order valence-electron chi connectivity index (χ1n) is 12.4. The minimum Gasteiger partial charge on any atom is -0.483 e. The molecule has 6 atom stereocenters. The number of fused-ring (bicyclic) bond motifs is 5. The van der Waals surface area contributed by atoms with Gasteiger partial charge >= 0.3 is 11.9 Å². The summed E-state index contributed by atoms with van der Waals surface area (Å²) in [7, 11) is 1.28. The molecule has 8 nitrogen and oxygen atoms in total. The Morgan fingerprint density at radius 2 is 1.53 bits per heavy atom. The third-order valence-corrected chi connectivity index (χ3v) is 7.70. The highest BCUT2D eigenvalue weighted by molar-refractivity contribution is 6.05. The van der Waals surface area contributed by atoms with Crippen LogP contribution in [0, 0.1) is 0 Å². The Hall–Kier alpha value is -4.43. The number of esters is 1. The van der Waals surface area contributed by atoms with Gasteiger partial charge in [-0.15, -0.1) is 0 Å². The van der Waals surface area contributed by atoms with Crippen molar-refractivity contribution in [1.29, 1.82) is 0 Å². The van der Waals surface area contributed by atoms with E-state index in [4.69, 9.17) is 14.6 Å². The van der Waals surface area contributed by atoms with Crippen LogP contribution in [0.2, 0.25) is 0 Å². The van der Waals surface area contributed by atoms with Crippen LogP contribution < -0.4 is 4.74 Å². The molecule has 3 aromatic rings. The Bertz CT molecular complexity index is 1420. The fraction of sp³-hybridized carbons (Fsp3) is 0.233. The number of hydrogen-bond acceptors (Lipinski definition) is 7. The van der Waals surface area contributed by atoms with Gasteiger partial charge in [-0.3, -0.25) is 9.80 Å². The monoisotopic (exact) mass is 510 g/mol. The predicted octanol–water partition coefficient (Wildman–Crippen LogP) is 3.66. The summed E-state index contributed by atoms with van der Waals surface area (Å²) in [5.41, 5.74) is 0.521. The normalized spacial score (nSPS) is 29.2. The van der Waals surface area contributed by atoms with Gasteiger partial charge in [0.15, 0.2) is 11.6 Å². The molecule has 0 spiro atoms. The molecule has 0 amide bonds. The zero-order chi connectivity index (χ0) is 26.4. The summed E-state index contributed by atoms with van der Waals surface area (Å²) < 4.78 is 11.5. The minimum absolute atomic E-state index is 0.0655. The van der Waals surface area contributed by atoms with Gasteiger partial charge in [-0.1, -0.05) is 84.9 Å². The average molecular weight is 511 g/mol. The summed E-state index contributed by atoms with van der Waals surface area (Å²) in [6.07, 6.45) is 1.19. The first-order valence-corrected chi connectivity index (χ1v) is 12.4. The number of carboxylic acids is 1. The van der Waals surface area contributed by atoms with Crippen molar-refractivity contribution in [2.24, 2.45) is 5.10 Å². The second kappa shape index (κ2) is 9.15. The molecule has 0 radical (unpaired) electrons. The topological polar surface area (TPSA) is 109 Å². The largest absolute Gasteiger partial charge is 0.483 e. The molecule has 0 saturated carbocycles. The number of carbonyl (C=O) groups is 2. The number of ether oxygens (including phenoxy) is 2. The van der Waals surface area contributed by atoms with E-state index in [0.29, 0.717) is 11.3 Å².